The quantitative estimate of drug-likeness (QED) is 0.127. The lowest BCUT2D eigenvalue weighted by molar-refractivity contribution is -0.169. The van der Waals surface area contributed by atoms with Crippen LogP contribution in [0.2, 0.25) is 0 Å². The van der Waals surface area contributed by atoms with E-state index in [0.29, 0.717) is 6.61 Å². The van der Waals surface area contributed by atoms with Gasteiger partial charge < -0.3 is 9.47 Å². The maximum absolute atomic E-state index is 7.48. The molecule has 0 saturated carbocycles. The van der Waals surface area contributed by atoms with Crippen LogP contribution in [0, 0.1) is 0 Å². The highest BCUT2D eigenvalue weighted by Gasteiger charge is 2.51. The molecule has 6 rings (SSSR count). The highest BCUT2D eigenvalue weighted by Crippen LogP contribution is 2.50. The number of hydrogen-bond donors (Lipinski definition) is 0. The van der Waals surface area contributed by atoms with Gasteiger partial charge in [-0.15, -0.1) is 0 Å². The van der Waals surface area contributed by atoms with Gasteiger partial charge in [-0.3, -0.25) is 0 Å². The molecule has 0 saturated heterocycles. The molecule has 2 heteroatoms. The van der Waals surface area contributed by atoms with Crippen LogP contribution in [0.3, 0.4) is 0 Å². The minimum absolute atomic E-state index is 0.350. The van der Waals surface area contributed by atoms with Crippen LogP contribution in [0.1, 0.15) is 61.1 Å². The Kier molecular flexibility index (Phi) is 9.27. The summed E-state index contributed by atoms with van der Waals surface area (Å²) < 4.78 is 14.7. The maximum atomic E-state index is 7.48. The van der Waals surface area contributed by atoms with Gasteiger partial charge >= 0.3 is 0 Å². The van der Waals surface area contributed by atoms with Crippen molar-refractivity contribution in [2.45, 2.75) is 49.9 Å². The van der Waals surface area contributed by atoms with Gasteiger partial charge in [0, 0.05) is 0 Å². The number of benzene rings is 6. The van der Waals surface area contributed by atoms with Crippen LogP contribution >= 0.6 is 0 Å². The van der Waals surface area contributed by atoms with Crippen molar-refractivity contribution in [1.29, 1.82) is 0 Å². The molecule has 2 nitrogen and oxygen atoms in total. The van der Waals surface area contributed by atoms with Crippen LogP contribution < -0.4 is 0 Å². The maximum Gasteiger partial charge on any atom is 0.144 e. The molecule has 0 bridgehead atoms. The normalized spacial score (nSPS) is 12.5. The topological polar surface area (TPSA) is 18.5 Å². The Hall–Kier alpha value is -4.76. The van der Waals surface area contributed by atoms with Crippen LogP contribution in [-0.2, 0) is 20.5 Å². The largest absolute Gasteiger partial charge is 0.371 e. The van der Waals surface area contributed by atoms with Crippen molar-refractivity contribution in [2.24, 2.45) is 0 Å². The van der Waals surface area contributed by atoms with Crippen molar-refractivity contribution in [1.82, 2.24) is 0 Å². The molecule has 6 aromatic carbocycles. The number of ether oxygens (including phenoxy) is 2. The first-order valence-corrected chi connectivity index (χ1v) is 16.5. The smallest absolute Gasteiger partial charge is 0.144 e. The fourth-order valence-electron chi connectivity index (χ4n) is 7.21. The van der Waals surface area contributed by atoms with Crippen LogP contribution in [0.5, 0.6) is 0 Å². The summed E-state index contributed by atoms with van der Waals surface area (Å²) in [7, 11) is 0. The van der Waals surface area contributed by atoms with E-state index in [4.69, 9.17) is 9.47 Å². The first kappa shape index (κ1) is 32.2. The Bertz CT molecular complexity index is 1620. The second kappa shape index (κ2) is 13.5. The van der Waals surface area contributed by atoms with Crippen LogP contribution in [0.4, 0.5) is 0 Å². The van der Waals surface area contributed by atoms with Gasteiger partial charge in [0.25, 0.3) is 0 Å². The lowest BCUT2D eigenvalue weighted by atomic mass is 9.60. The van der Waals surface area contributed by atoms with Gasteiger partial charge in [-0.1, -0.05) is 182 Å². The third-order valence-corrected chi connectivity index (χ3v) is 9.27. The summed E-state index contributed by atoms with van der Waals surface area (Å²) in [6.07, 6.45) is 0. The van der Waals surface area contributed by atoms with E-state index < -0.39 is 22.2 Å². The first-order valence-electron chi connectivity index (χ1n) is 16.5. The summed E-state index contributed by atoms with van der Waals surface area (Å²) in [5, 5.41) is 0. The van der Waals surface area contributed by atoms with E-state index in [9.17, 15) is 0 Å². The Balaban J connectivity index is 1.46. The summed E-state index contributed by atoms with van der Waals surface area (Å²) in [5.74, 6) is 0. The molecule has 0 N–H and O–H groups in total. The molecule has 0 radical (unpaired) electrons. The summed E-state index contributed by atoms with van der Waals surface area (Å²) >= 11 is 0. The molecule has 0 aliphatic rings. The lowest BCUT2D eigenvalue weighted by Gasteiger charge is -2.50. The molecule has 0 atom stereocenters. The SMILES string of the molecule is CC(C)(COC(C)(C)C(c1ccccc1)(c1ccccc1)c1ccccc1)OC(c1ccccc1)(c1ccccc1)c1ccccc1. The van der Waals surface area contributed by atoms with E-state index in [-0.39, 0.29) is 0 Å². The molecule has 0 unspecified atom stereocenters. The Morgan fingerprint density at radius 2 is 0.617 bits per heavy atom. The van der Waals surface area contributed by atoms with Gasteiger partial charge in [0.1, 0.15) is 5.60 Å². The van der Waals surface area contributed by atoms with Gasteiger partial charge in [0.05, 0.1) is 23.2 Å². The number of hydrogen-bond acceptors (Lipinski definition) is 2. The lowest BCUT2D eigenvalue weighted by Crippen LogP contribution is -2.53. The summed E-state index contributed by atoms with van der Waals surface area (Å²) in [4.78, 5) is 0. The predicted octanol–water partition coefficient (Wildman–Crippen LogP) is 10.6. The van der Waals surface area contributed by atoms with E-state index in [1.165, 1.54) is 16.7 Å². The molecule has 0 aromatic heterocycles. The fraction of sp³-hybridized carbons (Fsp3) is 0.200. The minimum Gasteiger partial charge on any atom is -0.371 e. The molecule has 236 valence electrons. The van der Waals surface area contributed by atoms with E-state index in [2.05, 4.69) is 210 Å². The second-order valence-electron chi connectivity index (χ2n) is 13.3. The second-order valence-corrected chi connectivity index (χ2v) is 13.3. The van der Waals surface area contributed by atoms with Gasteiger partial charge in [-0.2, -0.15) is 0 Å². The van der Waals surface area contributed by atoms with E-state index in [0.717, 1.165) is 16.7 Å². The molecular formula is C45H44O2. The third-order valence-electron chi connectivity index (χ3n) is 9.27. The molecule has 47 heavy (non-hydrogen) atoms. The minimum atomic E-state index is -0.865. The van der Waals surface area contributed by atoms with E-state index >= 15 is 0 Å². The first-order chi connectivity index (χ1) is 22.8. The van der Waals surface area contributed by atoms with Gasteiger partial charge in [-0.05, 0) is 61.1 Å². The van der Waals surface area contributed by atoms with Crippen LogP contribution in [0.15, 0.2) is 182 Å². The molecule has 0 fully saturated rings. The van der Waals surface area contributed by atoms with Crippen molar-refractivity contribution in [3.63, 3.8) is 0 Å². The Morgan fingerprint density at radius 1 is 0.362 bits per heavy atom. The third kappa shape index (κ3) is 6.20. The zero-order valence-electron chi connectivity index (χ0n) is 27.8. The molecule has 0 aliphatic carbocycles. The molecule has 6 aromatic rings. The summed E-state index contributed by atoms with van der Waals surface area (Å²) in [6.45, 7) is 9.07. The van der Waals surface area contributed by atoms with E-state index in [1.807, 2.05) is 0 Å². The molecule has 0 amide bonds. The molecular weight excluding hydrogens is 572 g/mol. The van der Waals surface area contributed by atoms with Gasteiger partial charge in [0.15, 0.2) is 0 Å². The van der Waals surface area contributed by atoms with Crippen molar-refractivity contribution < 1.29 is 9.47 Å². The van der Waals surface area contributed by atoms with Crippen molar-refractivity contribution in [2.75, 3.05) is 6.61 Å². The molecule has 0 heterocycles. The van der Waals surface area contributed by atoms with Crippen molar-refractivity contribution >= 4 is 0 Å². The Morgan fingerprint density at radius 3 is 0.894 bits per heavy atom. The van der Waals surface area contributed by atoms with Crippen molar-refractivity contribution in [3.8, 4) is 0 Å². The highest BCUT2D eigenvalue weighted by atomic mass is 16.6. The predicted molar refractivity (Wildman–Crippen MR) is 194 cm³/mol. The Labute approximate surface area is 280 Å². The zero-order chi connectivity index (χ0) is 32.8. The van der Waals surface area contributed by atoms with Gasteiger partial charge in [-0.25, -0.2) is 0 Å². The molecule has 0 spiro atoms. The number of rotatable bonds is 12. The standard InChI is InChI=1S/C45H44O2/c1-42(2,47-45(39-29-17-8-18-30-39,40-31-19-9-20-32-40)41-33-21-10-22-34-41)35-46-43(3,4)44(36-23-11-5-12-24-36,37-25-13-6-14-26-37)38-27-15-7-16-28-38/h5-34H,35H2,1-4H3. The average molecular weight is 617 g/mol. The van der Waals surface area contributed by atoms with Crippen LogP contribution in [0.25, 0.3) is 0 Å². The highest BCUT2D eigenvalue weighted by molar-refractivity contribution is 5.54. The summed E-state index contributed by atoms with van der Waals surface area (Å²) in [6, 6.07) is 63.9. The van der Waals surface area contributed by atoms with Gasteiger partial charge in [0.2, 0.25) is 0 Å². The van der Waals surface area contributed by atoms with E-state index in [1.54, 1.807) is 0 Å². The van der Waals surface area contributed by atoms with Crippen molar-refractivity contribution in [3.05, 3.63) is 215 Å². The average Bonchev–Trinajstić information content (AvgIpc) is 3.13. The summed E-state index contributed by atoms with van der Waals surface area (Å²) in [5.41, 5.74) is 3.83. The molecule has 0 aliphatic heterocycles. The van der Waals surface area contributed by atoms with Crippen LogP contribution in [-0.4, -0.2) is 17.8 Å². The monoisotopic (exact) mass is 616 g/mol. The fourth-order valence-corrected chi connectivity index (χ4v) is 7.21. The zero-order valence-corrected chi connectivity index (χ0v) is 27.8.